The molecule has 0 amide bonds. The standard InChI is InChI=1S/C15H13ClS/c1-15(14(16)17,12-8-4-2-5-9-12)13-10-6-3-7-11-13/h2-11H,1H3. The van der Waals surface area contributed by atoms with E-state index in [0.29, 0.717) is 4.32 Å². The minimum absolute atomic E-state index is 0.417. The molecule has 0 heterocycles. The molecule has 0 N–H and O–H groups in total. The molecule has 0 bridgehead atoms. The summed E-state index contributed by atoms with van der Waals surface area (Å²) in [6.45, 7) is 2.06. The van der Waals surface area contributed by atoms with E-state index in [-0.39, 0.29) is 0 Å². The van der Waals surface area contributed by atoms with Crippen LogP contribution in [0.5, 0.6) is 0 Å². The van der Waals surface area contributed by atoms with Crippen molar-refractivity contribution in [2.24, 2.45) is 0 Å². The van der Waals surface area contributed by atoms with E-state index in [1.54, 1.807) is 0 Å². The average molecular weight is 261 g/mol. The topological polar surface area (TPSA) is 0 Å². The van der Waals surface area contributed by atoms with Gasteiger partial charge in [0.25, 0.3) is 0 Å². The first-order valence-electron chi connectivity index (χ1n) is 5.46. The summed E-state index contributed by atoms with van der Waals surface area (Å²) < 4.78 is 0.468. The van der Waals surface area contributed by atoms with Gasteiger partial charge in [-0.1, -0.05) is 84.5 Å². The van der Waals surface area contributed by atoms with Crippen molar-refractivity contribution >= 4 is 28.1 Å². The van der Waals surface area contributed by atoms with E-state index in [2.05, 4.69) is 31.2 Å². The lowest BCUT2D eigenvalue weighted by Gasteiger charge is -2.28. The Morgan fingerprint density at radius 3 is 1.53 bits per heavy atom. The molecule has 0 aliphatic heterocycles. The summed E-state index contributed by atoms with van der Waals surface area (Å²) in [6, 6.07) is 20.2. The molecule has 0 aliphatic carbocycles. The van der Waals surface area contributed by atoms with Crippen molar-refractivity contribution in [2.45, 2.75) is 12.3 Å². The van der Waals surface area contributed by atoms with E-state index in [0.717, 1.165) is 11.1 Å². The molecule has 0 atom stereocenters. The zero-order chi connectivity index (χ0) is 12.3. The number of halogens is 1. The highest BCUT2D eigenvalue weighted by Crippen LogP contribution is 2.34. The molecule has 2 heteroatoms. The van der Waals surface area contributed by atoms with Gasteiger partial charge < -0.3 is 0 Å². The quantitative estimate of drug-likeness (QED) is 0.576. The van der Waals surface area contributed by atoms with Crippen LogP contribution in [-0.2, 0) is 5.41 Å². The molecule has 2 rings (SSSR count). The fourth-order valence-electron chi connectivity index (χ4n) is 1.94. The van der Waals surface area contributed by atoms with Gasteiger partial charge in [-0.2, -0.15) is 0 Å². The summed E-state index contributed by atoms with van der Waals surface area (Å²) in [7, 11) is 0. The van der Waals surface area contributed by atoms with E-state index in [1.807, 2.05) is 36.4 Å². The fraction of sp³-hybridized carbons (Fsp3) is 0.133. The molecule has 2 aromatic rings. The van der Waals surface area contributed by atoms with Crippen LogP contribution in [0.1, 0.15) is 18.1 Å². The van der Waals surface area contributed by atoms with Crippen LogP contribution in [0, 0.1) is 0 Å². The number of benzene rings is 2. The molecule has 86 valence electrons. The second-order valence-corrected chi connectivity index (χ2v) is 5.14. The van der Waals surface area contributed by atoms with Crippen molar-refractivity contribution in [3.05, 3.63) is 71.8 Å². The van der Waals surface area contributed by atoms with Gasteiger partial charge in [0.1, 0.15) is 0 Å². The first-order valence-corrected chi connectivity index (χ1v) is 6.25. The Morgan fingerprint density at radius 1 is 0.882 bits per heavy atom. The van der Waals surface area contributed by atoms with Crippen LogP contribution < -0.4 is 0 Å². The van der Waals surface area contributed by atoms with Crippen LogP contribution in [0.2, 0.25) is 0 Å². The van der Waals surface area contributed by atoms with Gasteiger partial charge in [0.15, 0.2) is 0 Å². The highest BCUT2D eigenvalue weighted by atomic mass is 35.5. The average Bonchev–Trinajstić information content (AvgIpc) is 2.39. The van der Waals surface area contributed by atoms with Gasteiger partial charge in [0.2, 0.25) is 0 Å². The first-order chi connectivity index (χ1) is 8.15. The maximum absolute atomic E-state index is 6.19. The van der Waals surface area contributed by atoms with E-state index in [1.165, 1.54) is 0 Å². The molecule has 0 saturated carbocycles. The molecule has 0 spiro atoms. The highest BCUT2D eigenvalue weighted by Gasteiger charge is 2.32. The van der Waals surface area contributed by atoms with Crippen LogP contribution >= 0.6 is 23.8 Å². The largest absolute Gasteiger partial charge is 0.0955 e. The maximum Gasteiger partial charge on any atom is 0.0955 e. The zero-order valence-corrected chi connectivity index (χ0v) is 11.1. The Kier molecular flexibility index (Phi) is 3.60. The van der Waals surface area contributed by atoms with Gasteiger partial charge in [0, 0.05) is 0 Å². The van der Waals surface area contributed by atoms with Gasteiger partial charge in [0.05, 0.1) is 9.74 Å². The van der Waals surface area contributed by atoms with Gasteiger partial charge in [-0.3, -0.25) is 0 Å². The van der Waals surface area contributed by atoms with Crippen molar-refractivity contribution in [1.82, 2.24) is 0 Å². The minimum Gasteiger partial charge on any atom is -0.0751 e. The Morgan fingerprint density at radius 2 is 1.24 bits per heavy atom. The van der Waals surface area contributed by atoms with Gasteiger partial charge in [-0.05, 0) is 18.1 Å². The smallest absolute Gasteiger partial charge is 0.0751 e. The number of hydrogen-bond donors (Lipinski definition) is 0. The summed E-state index contributed by atoms with van der Waals surface area (Å²) >= 11 is 11.4. The van der Waals surface area contributed by atoms with E-state index in [4.69, 9.17) is 23.8 Å². The summed E-state index contributed by atoms with van der Waals surface area (Å²) in [5.74, 6) is 0. The van der Waals surface area contributed by atoms with Crippen molar-refractivity contribution in [2.75, 3.05) is 0 Å². The van der Waals surface area contributed by atoms with Gasteiger partial charge in [-0.15, -0.1) is 0 Å². The highest BCUT2D eigenvalue weighted by molar-refractivity contribution is 7.83. The molecule has 0 saturated heterocycles. The number of hydrogen-bond acceptors (Lipinski definition) is 1. The SMILES string of the molecule is CC(C(=S)Cl)(c1ccccc1)c1ccccc1. The molecule has 0 unspecified atom stereocenters. The van der Waals surface area contributed by atoms with E-state index < -0.39 is 5.41 Å². The van der Waals surface area contributed by atoms with Crippen LogP contribution in [0.3, 0.4) is 0 Å². The predicted molar refractivity (Wildman–Crippen MR) is 77.8 cm³/mol. The zero-order valence-electron chi connectivity index (χ0n) is 9.56. The van der Waals surface area contributed by atoms with Crippen LogP contribution in [0.25, 0.3) is 0 Å². The lowest BCUT2D eigenvalue weighted by atomic mass is 9.78. The fourth-order valence-corrected chi connectivity index (χ4v) is 2.39. The lowest BCUT2D eigenvalue weighted by molar-refractivity contribution is 0.794. The van der Waals surface area contributed by atoms with E-state index >= 15 is 0 Å². The second kappa shape index (κ2) is 4.99. The third-order valence-corrected chi connectivity index (χ3v) is 3.88. The predicted octanol–water partition coefficient (Wildman–Crippen LogP) is 4.56. The van der Waals surface area contributed by atoms with Crippen molar-refractivity contribution in [3.63, 3.8) is 0 Å². The monoisotopic (exact) mass is 260 g/mol. The molecule has 0 fully saturated rings. The number of rotatable bonds is 3. The van der Waals surface area contributed by atoms with Gasteiger partial charge >= 0.3 is 0 Å². The Balaban J connectivity index is 2.59. The first kappa shape index (κ1) is 12.3. The van der Waals surface area contributed by atoms with Gasteiger partial charge in [-0.25, -0.2) is 0 Å². The Bertz CT molecular complexity index is 465. The van der Waals surface area contributed by atoms with Crippen molar-refractivity contribution in [1.29, 1.82) is 0 Å². The van der Waals surface area contributed by atoms with Crippen LogP contribution in [0.4, 0.5) is 0 Å². The third kappa shape index (κ3) is 2.26. The molecule has 0 radical (unpaired) electrons. The molecular weight excluding hydrogens is 248 g/mol. The summed E-state index contributed by atoms with van der Waals surface area (Å²) in [4.78, 5) is 0. The normalized spacial score (nSPS) is 11.2. The van der Waals surface area contributed by atoms with Crippen LogP contribution in [0.15, 0.2) is 60.7 Å². The Hall–Kier alpha value is -1.18. The molecule has 0 nitrogen and oxygen atoms in total. The number of thiocarbonyl (C=S) groups is 1. The Labute approximate surface area is 112 Å². The lowest BCUT2D eigenvalue weighted by Crippen LogP contribution is -2.29. The second-order valence-electron chi connectivity index (χ2n) is 4.13. The minimum atomic E-state index is -0.417. The molecule has 2 aromatic carbocycles. The maximum atomic E-state index is 6.19. The molecule has 0 aliphatic rings. The van der Waals surface area contributed by atoms with E-state index in [9.17, 15) is 0 Å². The van der Waals surface area contributed by atoms with Crippen LogP contribution in [-0.4, -0.2) is 4.32 Å². The molecule has 17 heavy (non-hydrogen) atoms. The molecular formula is C15H13ClS. The van der Waals surface area contributed by atoms with Crippen molar-refractivity contribution < 1.29 is 0 Å². The summed E-state index contributed by atoms with van der Waals surface area (Å²) in [6.07, 6.45) is 0. The molecule has 0 aromatic heterocycles. The summed E-state index contributed by atoms with van der Waals surface area (Å²) in [5, 5.41) is 0. The van der Waals surface area contributed by atoms with Crippen molar-refractivity contribution in [3.8, 4) is 0 Å². The third-order valence-electron chi connectivity index (χ3n) is 3.10. The summed E-state index contributed by atoms with van der Waals surface area (Å²) in [5.41, 5.74) is 1.82.